The number of hydrogen-bond donors (Lipinski definition) is 6. The van der Waals surface area contributed by atoms with E-state index < -0.39 is 76.8 Å². The Balaban J connectivity index is 1.74. The van der Waals surface area contributed by atoms with Gasteiger partial charge in [-0.15, -0.1) is 0 Å². The Morgan fingerprint density at radius 3 is 2.55 bits per heavy atom. The molecule has 0 saturated heterocycles. The SMILES string of the molecule is COc1ccc(-c2cc(CNC(F)CF)c(O)c3c2CC2CC4C(N(C)C)C(=O)C(C(N)=O)=C(O)C4(O)C(=O)C2=C3O)cn1. The summed E-state index contributed by atoms with van der Waals surface area (Å²) >= 11 is 0. The Morgan fingerprint density at radius 1 is 1.27 bits per heavy atom. The molecule has 5 unspecified atom stereocenters. The van der Waals surface area contributed by atoms with Crippen LogP contribution in [0, 0.1) is 11.8 Å². The minimum absolute atomic E-state index is 0.0351. The molecular formula is C30H32F2N4O8. The second-order valence-electron chi connectivity index (χ2n) is 11.3. The van der Waals surface area contributed by atoms with Crippen molar-refractivity contribution < 1.29 is 48.3 Å². The van der Waals surface area contributed by atoms with Crippen LogP contribution in [0.1, 0.15) is 23.1 Å². The van der Waals surface area contributed by atoms with Crippen LogP contribution in [0.2, 0.25) is 0 Å². The monoisotopic (exact) mass is 614 g/mol. The zero-order valence-electron chi connectivity index (χ0n) is 24.1. The molecule has 1 aromatic carbocycles. The van der Waals surface area contributed by atoms with Gasteiger partial charge >= 0.3 is 0 Å². The highest BCUT2D eigenvalue weighted by Crippen LogP contribution is 2.54. The molecule has 1 fully saturated rings. The van der Waals surface area contributed by atoms with E-state index in [1.165, 1.54) is 38.4 Å². The highest BCUT2D eigenvalue weighted by molar-refractivity contribution is 6.24. The lowest BCUT2D eigenvalue weighted by Crippen LogP contribution is -2.65. The molecule has 7 N–H and O–H groups in total. The molecule has 0 radical (unpaired) electrons. The lowest BCUT2D eigenvalue weighted by Gasteiger charge is -2.50. The quantitative estimate of drug-likeness (QED) is 0.186. The van der Waals surface area contributed by atoms with Gasteiger partial charge in [-0.1, -0.05) is 0 Å². The number of rotatable bonds is 8. The molecule has 12 nitrogen and oxygen atoms in total. The molecule has 1 amide bonds. The number of methoxy groups -OCH3 is 1. The van der Waals surface area contributed by atoms with Gasteiger partial charge in [-0.3, -0.25) is 24.6 Å². The molecule has 0 spiro atoms. The number of pyridine rings is 1. The zero-order valence-corrected chi connectivity index (χ0v) is 24.1. The number of aromatic nitrogens is 1. The Bertz CT molecular complexity index is 1620. The van der Waals surface area contributed by atoms with E-state index in [-0.39, 0.29) is 36.1 Å². The lowest BCUT2D eigenvalue weighted by molar-refractivity contribution is -0.153. The number of phenols is 1. The van der Waals surface area contributed by atoms with Crippen molar-refractivity contribution in [3.05, 3.63) is 58.0 Å². The van der Waals surface area contributed by atoms with Crippen molar-refractivity contribution in [1.29, 1.82) is 0 Å². The third kappa shape index (κ3) is 4.60. The molecule has 1 aromatic heterocycles. The minimum atomic E-state index is -2.79. The van der Waals surface area contributed by atoms with E-state index >= 15 is 0 Å². The Hall–Kier alpha value is -4.40. The number of nitrogens with one attached hydrogen (secondary N) is 1. The number of aliphatic hydroxyl groups excluding tert-OH is 2. The van der Waals surface area contributed by atoms with Crippen molar-refractivity contribution in [1.82, 2.24) is 15.2 Å². The first-order valence-corrected chi connectivity index (χ1v) is 13.7. The van der Waals surface area contributed by atoms with Gasteiger partial charge in [0.25, 0.3) is 5.91 Å². The maximum Gasteiger partial charge on any atom is 0.255 e. The van der Waals surface area contributed by atoms with Gasteiger partial charge in [-0.05, 0) is 56.1 Å². The molecule has 3 aliphatic rings. The molecule has 2 aromatic rings. The van der Waals surface area contributed by atoms with Crippen molar-refractivity contribution in [3.63, 3.8) is 0 Å². The number of benzene rings is 1. The van der Waals surface area contributed by atoms with Crippen LogP contribution in [0.25, 0.3) is 16.9 Å². The van der Waals surface area contributed by atoms with Crippen LogP contribution >= 0.6 is 0 Å². The van der Waals surface area contributed by atoms with E-state index in [1.807, 2.05) is 0 Å². The number of ether oxygens (including phenoxy) is 1. The summed E-state index contributed by atoms with van der Waals surface area (Å²) in [7, 11) is 4.47. The summed E-state index contributed by atoms with van der Waals surface area (Å²) in [6.45, 7) is -1.68. The number of aliphatic hydroxyl groups is 3. The molecule has 14 heteroatoms. The average Bonchev–Trinajstić information content (AvgIpc) is 2.98. The topological polar surface area (TPSA) is 196 Å². The molecule has 1 heterocycles. The Kier molecular flexibility index (Phi) is 7.95. The standard InChI is InChI=1S/C30H32F2N4O8/c1-36(2)23-17-8-13-6-16-15(12-4-5-19(44-3)35-10-12)7-14(11-34-18(32)9-31)24(37)21(16)25(38)20(13)27(40)30(17,43)28(41)22(26(23)39)29(33)42/h4-5,7,10,13,17-18,23,34,37-38,41,43H,6,8-9,11H2,1-3H3,(H2,33,42). The third-order valence-electron chi connectivity index (χ3n) is 8.71. The van der Waals surface area contributed by atoms with Gasteiger partial charge in [0, 0.05) is 41.4 Å². The molecule has 0 aliphatic heterocycles. The molecular weight excluding hydrogens is 582 g/mol. The number of amides is 1. The summed E-state index contributed by atoms with van der Waals surface area (Å²) in [6.07, 6.45) is -0.602. The van der Waals surface area contributed by atoms with Gasteiger partial charge in [0.15, 0.2) is 17.7 Å². The predicted octanol–water partition coefficient (Wildman–Crippen LogP) is 1.39. The molecule has 5 atom stereocenters. The number of Topliss-reactive ketones (excluding diaryl/α,β-unsaturated/α-hetero) is 2. The predicted molar refractivity (Wildman–Crippen MR) is 152 cm³/mol. The zero-order chi connectivity index (χ0) is 32.2. The minimum Gasteiger partial charge on any atom is -0.508 e. The number of phenolic OH excluding ortho intramolecular Hbond substituents is 1. The van der Waals surface area contributed by atoms with E-state index in [2.05, 4.69) is 10.3 Å². The van der Waals surface area contributed by atoms with Crippen molar-refractivity contribution in [3.8, 4) is 22.8 Å². The van der Waals surface area contributed by atoms with E-state index in [4.69, 9.17) is 10.5 Å². The number of aromatic hydroxyl groups is 1. The van der Waals surface area contributed by atoms with E-state index in [0.717, 1.165) is 0 Å². The summed E-state index contributed by atoms with van der Waals surface area (Å²) in [4.78, 5) is 45.2. The van der Waals surface area contributed by atoms with Gasteiger partial charge in [-0.25, -0.2) is 13.8 Å². The van der Waals surface area contributed by atoms with E-state index in [0.29, 0.717) is 22.6 Å². The molecule has 5 rings (SSSR count). The fourth-order valence-electron chi connectivity index (χ4n) is 6.70. The number of alkyl halides is 2. The fourth-order valence-corrected chi connectivity index (χ4v) is 6.70. The molecule has 0 bridgehead atoms. The first-order chi connectivity index (χ1) is 20.8. The summed E-state index contributed by atoms with van der Waals surface area (Å²) in [6, 6.07) is 3.58. The first kappa shape index (κ1) is 31.0. The summed E-state index contributed by atoms with van der Waals surface area (Å²) in [5.74, 6) is -7.47. The molecule has 3 aliphatic carbocycles. The fraction of sp³-hybridized carbons (Fsp3) is 0.400. The molecule has 44 heavy (non-hydrogen) atoms. The summed E-state index contributed by atoms with van der Waals surface area (Å²) in [5, 5.41) is 48.0. The summed E-state index contributed by atoms with van der Waals surface area (Å²) < 4.78 is 31.8. The highest BCUT2D eigenvalue weighted by Gasteiger charge is 2.64. The van der Waals surface area contributed by atoms with Crippen LogP contribution in [0.5, 0.6) is 11.6 Å². The lowest BCUT2D eigenvalue weighted by atomic mass is 9.57. The number of halogens is 2. The van der Waals surface area contributed by atoms with Crippen LogP contribution in [-0.2, 0) is 27.3 Å². The number of ketones is 2. The average molecular weight is 615 g/mol. The van der Waals surface area contributed by atoms with E-state index in [9.17, 15) is 43.6 Å². The third-order valence-corrected chi connectivity index (χ3v) is 8.71. The van der Waals surface area contributed by atoms with Gasteiger partial charge in [0.2, 0.25) is 11.7 Å². The van der Waals surface area contributed by atoms with Gasteiger partial charge in [0.1, 0.15) is 29.5 Å². The normalized spacial score (nSPS) is 25.5. The number of hydrogen-bond acceptors (Lipinski definition) is 11. The number of likely N-dealkylation sites (N-methyl/N-ethyl adjacent to an activating group) is 1. The van der Waals surface area contributed by atoms with Crippen LogP contribution in [0.3, 0.4) is 0 Å². The first-order valence-electron chi connectivity index (χ1n) is 13.7. The second kappa shape index (κ2) is 11.3. The van der Waals surface area contributed by atoms with Gasteiger partial charge in [-0.2, -0.15) is 0 Å². The number of fused-ring (bicyclic) bond motifs is 3. The van der Waals surface area contributed by atoms with Crippen LogP contribution in [0.15, 0.2) is 41.3 Å². The van der Waals surface area contributed by atoms with Crippen LogP contribution < -0.4 is 15.8 Å². The number of carbonyl (C=O) groups is 3. The maximum atomic E-state index is 14.1. The second-order valence-corrected chi connectivity index (χ2v) is 11.3. The van der Waals surface area contributed by atoms with Crippen LogP contribution in [0.4, 0.5) is 8.78 Å². The Morgan fingerprint density at radius 2 is 1.98 bits per heavy atom. The molecule has 1 saturated carbocycles. The number of nitrogens with two attached hydrogens (primary N) is 1. The maximum absolute atomic E-state index is 14.1. The summed E-state index contributed by atoms with van der Waals surface area (Å²) in [5.41, 5.74) is 2.59. The van der Waals surface area contributed by atoms with Crippen molar-refractivity contribution in [2.45, 2.75) is 37.3 Å². The van der Waals surface area contributed by atoms with Crippen molar-refractivity contribution >= 4 is 23.2 Å². The largest absolute Gasteiger partial charge is 0.508 e. The molecule has 234 valence electrons. The number of carbonyl (C=O) groups excluding carboxylic acids is 3. The van der Waals surface area contributed by atoms with Gasteiger partial charge in [0.05, 0.1) is 18.7 Å². The van der Waals surface area contributed by atoms with Crippen molar-refractivity contribution in [2.24, 2.45) is 17.6 Å². The van der Waals surface area contributed by atoms with Crippen molar-refractivity contribution in [2.75, 3.05) is 27.9 Å². The van der Waals surface area contributed by atoms with E-state index in [1.54, 1.807) is 12.1 Å². The Labute approximate surface area is 250 Å². The van der Waals surface area contributed by atoms with Crippen LogP contribution in [-0.4, -0.2) is 93.6 Å². The van der Waals surface area contributed by atoms with Gasteiger partial charge < -0.3 is 30.9 Å². The number of nitrogens with zero attached hydrogens (tertiary/aromatic N) is 2. The highest BCUT2D eigenvalue weighted by atomic mass is 19.2. The number of primary amides is 1. The smallest absolute Gasteiger partial charge is 0.255 e.